The van der Waals surface area contributed by atoms with Crippen LogP contribution in [0.4, 0.5) is 0 Å². The van der Waals surface area contributed by atoms with Crippen molar-refractivity contribution in [3.8, 4) is 0 Å². The minimum atomic E-state index is 0. The monoisotopic (exact) mass is 141 g/mol. The number of hydrogen-bond donors (Lipinski definition) is 0. The fraction of sp³-hybridized carbons (Fsp3) is 0. The summed E-state index contributed by atoms with van der Waals surface area (Å²) >= 11 is 0. The van der Waals surface area contributed by atoms with Crippen LogP contribution < -0.4 is 18.9 Å². The Balaban J connectivity index is 0. The van der Waals surface area contributed by atoms with E-state index in [1.54, 1.807) is 0 Å². The van der Waals surface area contributed by atoms with Gasteiger partial charge in [0.05, 0.1) is 0 Å². The molecule has 1 radical (unpaired) electrons. The van der Waals surface area contributed by atoms with Gasteiger partial charge in [0, 0.05) is 16.5 Å². The summed E-state index contributed by atoms with van der Waals surface area (Å²) in [5.74, 6) is 0. The van der Waals surface area contributed by atoms with Gasteiger partial charge in [0.25, 0.3) is 0 Å². The van der Waals surface area contributed by atoms with Gasteiger partial charge in [-0.15, -0.1) is 0 Å². The van der Waals surface area contributed by atoms with Crippen molar-refractivity contribution in [3.05, 3.63) is 0 Å². The predicted molar refractivity (Wildman–Crippen MR) is 1.80 cm³/mol. The van der Waals surface area contributed by atoms with E-state index in [9.17, 15) is 0 Å². The SMILES string of the molecule is [Co+2].[H-].[Li+].[Ni].[O-2]. The smallest absolute Gasteiger partial charge is 2.00 e. The molecule has 0 rings (SSSR count). The van der Waals surface area contributed by atoms with E-state index < -0.39 is 0 Å². The van der Waals surface area contributed by atoms with Gasteiger partial charge >= 0.3 is 35.6 Å². The minimum absolute atomic E-state index is 0. The summed E-state index contributed by atoms with van der Waals surface area (Å²) in [5, 5.41) is 0. The van der Waals surface area contributed by atoms with Crippen molar-refractivity contribution in [1.82, 2.24) is 0 Å². The van der Waals surface area contributed by atoms with E-state index in [1.165, 1.54) is 0 Å². The molecule has 0 spiro atoms. The molecule has 0 saturated heterocycles. The van der Waals surface area contributed by atoms with Crippen LogP contribution >= 0.6 is 0 Å². The zero-order chi connectivity index (χ0) is 0. The molecule has 0 saturated carbocycles. The number of hydrogen-bond acceptors (Lipinski definition) is 0. The third kappa shape index (κ3) is 9.59. The number of rotatable bonds is 0. The minimum Gasteiger partial charge on any atom is -2.00 e. The molecule has 0 aliphatic heterocycles. The van der Waals surface area contributed by atoms with Crippen LogP contribution in [-0.4, -0.2) is 0 Å². The average molecular weight is 142 g/mol. The Labute approximate surface area is 59.0 Å². The molecule has 0 heterocycles. The second kappa shape index (κ2) is 23.8. The molecular formula is HCoLiNiO. The summed E-state index contributed by atoms with van der Waals surface area (Å²) in [4.78, 5) is 0. The summed E-state index contributed by atoms with van der Waals surface area (Å²) in [6, 6.07) is 0. The topological polar surface area (TPSA) is 28.5 Å². The van der Waals surface area contributed by atoms with Crippen LogP contribution in [0, 0.1) is 0 Å². The van der Waals surface area contributed by atoms with Gasteiger partial charge in [-0.1, -0.05) is 0 Å². The van der Waals surface area contributed by atoms with Gasteiger partial charge < -0.3 is 6.90 Å². The molecule has 0 unspecified atom stereocenters. The van der Waals surface area contributed by atoms with Gasteiger partial charge in [-0.2, -0.15) is 0 Å². The molecule has 0 amide bonds. The van der Waals surface area contributed by atoms with Crippen LogP contribution in [0.5, 0.6) is 0 Å². The Morgan fingerprint density at radius 2 is 1.25 bits per heavy atom. The van der Waals surface area contributed by atoms with Gasteiger partial charge in [0.1, 0.15) is 0 Å². The standard InChI is InChI=1S/Co.Li.Ni.O.H/q+2;+1;;-2;-1. The Morgan fingerprint density at radius 1 is 1.25 bits per heavy atom. The molecule has 4 heavy (non-hydrogen) atoms. The molecular weight excluding hydrogens is 141 g/mol. The van der Waals surface area contributed by atoms with E-state index in [0.717, 1.165) is 0 Å². The van der Waals surface area contributed by atoms with Gasteiger partial charge in [-0.05, 0) is 0 Å². The predicted octanol–water partition coefficient (Wildman–Crippen LogP) is -3.01. The molecule has 0 bridgehead atoms. The first kappa shape index (κ1) is 47.6. The first-order valence-corrected chi connectivity index (χ1v) is 0. The molecule has 0 aliphatic rings. The van der Waals surface area contributed by atoms with Crippen LogP contribution in [0.15, 0.2) is 0 Å². The zero-order valence-electron chi connectivity index (χ0n) is 3.06. The van der Waals surface area contributed by atoms with Crippen molar-refractivity contribution >= 4 is 0 Å². The fourth-order valence-corrected chi connectivity index (χ4v) is 0. The maximum absolute atomic E-state index is 0. The van der Waals surface area contributed by atoms with Crippen molar-refractivity contribution in [2.24, 2.45) is 0 Å². The zero-order valence-corrected chi connectivity index (χ0v) is 4.09. The van der Waals surface area contributed by atoms with E-state index in [4.69, 9.17) is 0 Å². The van der Waals surface area contributed by atoms with E-state index in [1.807, 2.05) is 0 Å². The van der Waals surface area contributed by atoms with Gasteiger partial charge in [-0.25, -0.2) is 0 Å². The van der Waals surface area contributed by atoms with Gasteiger partial charge in [0.15, 0.2) is 0 Å². The molecule has 0 aliphatic carbocycles. The Hall–Kier alpha value is 1.56. The van der Waals surface area contributed by atoms with E-state index in [0.29, 0.717) is 0 Å². The molecule has 27 valence electrons. The summed E-state index contributed by atoms with van der Waals surface area (Å²) in [7, 11) is 0. The van der Waals surface area contributed by atoms with Crippen LogP contribution in [0.1, 0.15) is 1.43 Å². The maximum Gasteiger partial charge on any atom is 2.00 e. The van der Waals surface area contributed by atoms with Crippen LogP contribution in [0.2, 0.25) is 0 Å². The quantitative estimate of drug-likeness (QED) is 0.322. The molecule has 1 nitrogen and oxygen atoms in total. The summed E-state index contributed by atoms with van der Waals surface area (Å²) in [5.41, 5.74) is 0. The van der Waals surface area contributed by atoms with Gasteiger partial charge in [0.2, 0.25) is 0 Å². The second-order valence-corrected chi connectivity index (χ2v) is 0. The Bertz CT molecular complexity index is 11.6. The molecule has 0 N–H and O–H groups in total. The van der Waals surface area contributed by atoms with Crippen LogP contribution in [0.3, 0.4) is 0 Å². The first-order chi connectivity index (χ1) is 0. The molecule has 0 aromatic rings. The summed E-state index contributed by atoms with van der Waals surface area (Å²) in [6.45, 7) is 0. The average Bonchev–Trinajstić information content (AvgIpc) is 0. The summed E-state index contributed by atoms with van der Waals surface area (Å²) < 4.78 is 0. The Kier molecular flexibility index (Phi) is 283. The fourth-order valence-electron chi connectivity index (χ4n) is 0. The van der Waals surface area contributed by atoms with E-state index in [2.05, 4.69) is 0 Å². The Morgan fingerprint density at radius 3 is 1.25 bits per heavy atom. The van der Waals surface area contributed by atoms with E-state index >= 15 is 0 Å². The summed E-state index contributed by atoms with van der Waals surface area (Å²) in [6.07, 6.45) is 0. The molecule has 0 atom stereocenters. The van der Waals surface area contributed by atoms with Crippen molar-refractivity contribution in [1.29, 1.82) is 0 Å². The molecule has 4 heteroatoms. The molecule has 0 fully saturated rings. The maximum atomic E-state index is 0. The van der Waals surface area contributed by atoms with Crippen LogP contribution in [0.25, 0.3) is 0 Å². The van der Waals surface area contributed by atoms with Crippen molar-refractivity contribution in [2.45, 2.75) is 0 Å². The third-order valence-electron chi connectivity index (χ3n) is 0. The largest absolute Gasteiger partial charge is 2.00 e. The normalized spacial score (nSPS) is 0. The van der Waals surface area contributed by atoms with Gasteiger partial charge in [-0.3, -0.25) is 0 Å². The van der Waals surface area contributed by atoms with Crippen LogP contribution in [-0.2, 0) is 38.7 Å². The van der Waals surface area contributed by atoms with E-state index in [-0.39, 0.29) is 59.0 Å². The molecule has 0 aromatic heterocycles. The molecule has 0 aromatic carbocycles. The second-order valence-electron chi connectivity index (χ2n) is 0. The van der Waals surface area contributed by atoms with Crippen molar-refractivity contribution in [3.63, 3.8) is 0 Å². The van der Waals surface area contributed by atoms with Crippen molar-refractivity contribution < 1.29 is 59.0 Å². The first-order valence-electron chi connectivity index (χ1n) is 0. The van der Waals surface area contributed by atoms with Crippen molar-refractivity contribution in [2.75, 3.05) is 0 Å². The third-order valence-corrected chi connectivity index (χ3v) is 0.